The number of carbonyl (C=O) groups is 2. The summed E-state index contributed by atoms with van der Waals surface area (Å²) in [5, 5.41) is 5.49. The molecule has 2 aliphatic heterocycles. The Morgan fingerprint density at radius 3 is 2.63 bits per heavy atom. The van der Waals surface area contributed by atoms with Crippen LogP contribution in [0.3, 0.4) is 0 Å². The molecule has 4 N–H and O–H groups in total. The van der Waals surface area contributed by atoms with Gasteiger partial charge in [-0.1, -0.05) is 12.1 Å². The Balaban J connectivity index is 1.44. The van der Waals surface area contributed by atoms with Crippen molar-refractivity contribution in [2.75, 3.05) is 23.8 Å². The van der Waals surface area contributed by atoms with E-state index in [0.717, 1.165) is 22.9 Å². The Morgan fingerprint density at radius 2 is 1.89 bits per heavy atom. The summed E-state index contributed by atoms with van der Waals surface area (Å²) in [6.45, 7) is 2.75. The molecule has 5 rings (SSSR count). The van der Waals surface area contributed by atoms with Crippen LogP contribution in [-0.2, 0) is 15.7 Å². The van der Waals surface area contributed by atoms with E-state index in [1.54, 1.807) is 30.3 Å². The summed E-state index contributed by atoms with van der Waals surface area (Å²) in [6.07, 6.45) is -2.77. The maximum absolute atomic E-state index is 13.0. The second kappa shape index (κ2) is 9.73. The van der Waals surface area contributed by atoms with Crippen molar-refractivity contribution in [3.63, 3.8) is 0 Å². The average Bonchev–Trinajstić information content (AvgIpc) is 2.99. The number of amides is 2. The van der Waals surface area contributed by atoms with Gasteiger partial charge in [0, 0.05) is 30.3 Å². The first-order valence-electron chi connectivity index (χ1n) is 12.0. The molecule has 0 aliphatic carbocycles. The molecule has 1 atom stereocenters. The molecule has 1 unspecified atom stereocenters. The number of fused-ring (bicyclic) bond motifs is 1. The molecule has 2 aromatic carbocycles. The van der Waals surface area contributed by atoms with Crippen molar-refractivity contribution in [1.29, 1.82) is 0 Å². The summed E-state index contributed by atoms with van der Waals surface area (Å²) in [7, 11) is 0. The number of pyridine rings is 1. The van der Waals surface area contributed by atoms with E-state index >= 15 is 0 Å². The number of alkyl halides is 3. The van der Waals surface area contributed by atoms with Gasteiger partial charge >= 0.3 is 6.18 Å². The normalized spacial score (nSPS) is 18.7. The number of nitrogens with two attached hydrogens (primary N) is 1. The van der Waals surface area contributed by atoms with Crippen LogP contribution >= 0.6 is 0 Å². The van der Waals surface area contributed by atoms with Gasteiger partial charge in [-0.25, -0.2) is 0 Å². The summed E-state index contributed by atoms with van der Waals surface area (Å²) in [5.74, 6) is -0.559. The van der Waals surface area contributed by atoms with E-state index in [1.165, 1.54) is 6.07 Å². The van der Waals surface area contributed by atoms with Gasteiger partial charge in [-0.05, 0) is 60.0 Å². The molecule has 1 fully saturated rings. The second-order valence-electron chi connectivity index (χ2n) is 9.37. The number of aromatic nitrogens is 1. The van der Waals surface area contributed by atoms with Crippen LogP contribution in [0.5, 0.6) is 5.75 Å². The molecular formula is C27H25F3N4O4. The topological polar surface area (TPSA) is 116 Å². The molecule has 0 saturated carbocycles. The Labute approximate surface area is 216 Å². The molecule has 198 valence electrons. The first-order chi connectivity index (χ1) is 18.1. The summed E-state index contributed by atoms with van der Waals surface area (Å²) < 4.78 is 50.9. The predicted molar refractivity (Wildman–Crippen MR) is 134 cm³/mol. The lowest BCUT2D eigenvalue weighted by molar-refractivity contribution is -0.141. The van der Waals surface area contributed by atoms with E-state index in [1.807, 2.05) is 13.0 Å². The maximum Gasteiger partial charge on any atom is 0.433 e. The number of carbonyl (C=O) groups excluding carboxylic acids is 2. The van der Waals surface area contributed by atoms with Gasteiger partial charge in [0.15, 0.2) is 0 Å². The highest BCUT2D eigenvalue weighted by atomic mass is 19.4. The second-order valence-corrected chi connectivity index (χ2v) is 9.37. The van der Waals surface area contributed by atoms with E-state index in [2.05, 4.69) is 15.6 Å². The minimum Gasteiger partial charge on any atom is -0.483 e. The number of nitrogens with one attached hydrogen (secondary N) is 2. The van der Waals surface area contributed by atoms with Gasteiger partial charge in [-0.3, -0.25) is 14.6 Å². The lowest BCUT2D eigenvalue weighted by Gasteiger charge is -2.39. The Bertz CT molecular complexity index is 1400. The monoisotopic (exact) mass is 526 g/mol. The highest BCUT2D eigenvalue weighted by Gasteiger charge is 2.46. The van der Waals surface area contributed by atoms with Crippen LogP contribution < -0.4 is 21.1 Å². The summed E-state index contributed by atoms with van der Waals surface area (Å²) in [5.41, 5.74) is 7.39. The molecule has 0 radical (unpaired) electrons. The van der Waals surface area contributed by atoms with Crippen LogP contribution in [0.25, 0.3) is 11.1 Å². The Kier molecular flexibility index (Phi) is 6.58. The molecule has 38 heavy (non-hydrogen) atoms. The molecule has 1 saturated heterocycles. The number of anilines is 2. The van der Waals surface area contributed by atoms with Crippen molar-refractivity contribution in [2.24, 2.45) is 5.73 Å². The molecule has 1 spiro atoms. The fraction of sp³-hybridized carbons (Fsp3) is 0.296. The summed E-state index contributed by atoms with van der Waals surface area (Å²) in [4.78, 5) is 28.7. The molecule has 1 aromatic heterocycles. The lowest BCUT2D eigenvalue weighted by atomic mass is 9.86. The number of nitrogens with zero attached hydrogens (tertiary/aromatic N) is 1. The van der Waals surface area contributed by atoms with Crippen molar-refractivity contribution >= 4 is 23.2 Å². The number of ether oxygens (including phenoxy) is 2. The van der Waals surface area contributed by atoms with E-state index in [4.69, 9.17) is 15.2 Å². The highest BCUT2D eigenvalue weighted by Crippen LogP contribution is 2.40. The first-order valence-corrected chi connectivity index (χ1v) is 12.0. The standard InChI is InChI=1S/C27H25F3N4O4/c1-15-2-4-18(33-24(35)17-6-9-32-22(13-17)27(28,29)30)14-19(15)16-3-5-20-21(12-16)38-26(7-10-37-11-8-26)23(31)25(36)34-20/h2-6,9,12-14,23H,7-8,10-11,31H2,1H3,(H,33,35)(H,34,36). The first kappa shape index (κ1) is 25.7. The van der Waals surface area contributed by atoms with Gasteiger partial charge < -0.3 is 25.8 Å². The van der Waals surface area contributed by atoms with Gasteiger partial charge in [0.2, 0.25) is 5.91 Å². The molecule has 3 heterocycles. The van der Waals surface area contributed by atoms with Crippen LogP contribution in [0.4, 0.5) is 24.5 Å². The van der Waals surface area contributed by atoms with E-state index in [-0.39, 0.29) is 11.5 Å². The van der Waals surface area contributed by atoms with Crippen molar-refractivity contribution < 1.29 is 32.2 Å². The van der Waals surface area contributed by atoms with Crippen LogP contribution in [-0.4, -0.2) is 41.7 Å². The van der Waals surface area contributed by atoms with Crippen LogP contribution in [0.15, 0.2) is 54.7 Å². The van der Waals surface area contributed by atoms with Crippen molar-refractivity contribution in [3.05, 3.63) is 71.5 Å². The van der Waals surface area contributed by atoms with Gasteiger partial charge in [0.25, 0.3) is 5.91 Å². The van der Waals surface area contributed by atoms with E-state index in [9.17, 15) is 22.8 Å². The zero-order chi connectivity index (χ0) is 27.1. The number of hydrogen-bond acceptors (Lipinski definition) is 6. The number of aryl methyl sites for hydroxylation is 1. The Hall–Kier alpha value is -3.96. The van der Waals surface area contributed by atoms with Crippen LogP contribution in [0, 0.1) is 6.92 Å². The van der Waals surface area contributed by atoms with Gasteiger partial charge in [0.05, 0.1) is 18.9 Å². The molecular weight excluding hydrogens is 501 g/mol. The van der Waals surface area contributed by atoms with Crippen LogP contribution in [0.2, 0.25) is 0 Å². The molecule has 3 aromatic rings. The number of hydrogen-bond donors (Lipinski definition) is 3. The molecule has 8 nitrogen and oxygen atoms in total. The lowest BCUT2D eigenvalue weighted by Crippen LogP contribution is -2.59. The molecule has 2 amide bonds. The van der Waals surface area contributed by atoms with Gasteiger partial charge in [0.1, 0.15) is 23.1 Å². The zero-order valence-electron chi connectivity index (χ0n) is 20.4. The largest absolute Gasteiger partial charge is 0.483 e. The SMILES string of the molecule is Cc1ccc(NC(=O)c2ccnc(C(F)(F)F)c2)cc1-c1ccc2c(c1)OC1(CCOCC1)C(N)C(=O)N2. The van der Waals surface area contributed by atoms with E-state index in [0.29, 0.717) is 49.2 Å². The third-order valence-electron chi connectivity index (χ3n) is 6.86. The third kappa shape index (κ3) is 4.94. The van der Waals surface area contributed by atoms with Crippen molar-refractivity contribution in [1.82, 2.24) is 4.98 Å². The number of benzene rings is 2. The van der Waals surface area contributed by atoms with Gasteiger partial charge in [-0.15, -0.1) is 0 Å². The quantitative estimate of drug-likeness (QED) is 0.462. The van der Waals surface area contributed by atoms with Crippen LogP contribution in [0.1, 0.15) is 34.5 Å². The summed E-state index contributed by atoms with van der Waals surface area (Å²) >= 11 is 0. The number of halogens is 3. The Morgan fingerprint density at radius 1 is 1.13 bits per heavy atom. The van der Waals surface area contributed by atoms with Gasteiger partial charge in [-0.2, -0.15) is 13.2 Å². The smallest absolute Gasteiger partial charge is 0.433 e. The summed E-state index contributed by atoms with van der Waals surface area (Å²) in [6, 6.07) is 11.6. The predicted octanol–water partition coefficient (Wildman–Crippen LogP) is 4.54. The number of rotatable bonds is 3. The fourth-order valence-electron chi connectivity index (χ4n) is 4.68. The minimum absolute atomic E-state index is 0.165. The minimum atomic E-state index is -4.66. The fourth-order valence-corrected chi connectivity index (χ4v) is 4.68. The maximum atomic E-state index is 13.0. The molecule has 0 bridgehead atoms. The molecule has 11 heteroatoms. The highest BCUT2D eigenvalue weighted by molar-refractivity contribution is 6.04. The van der Waals surface area contributed by atoms with E-state index < -0.39 is 29.4 Å². The van der Waals surface area contributed by atoms with Crippen molar-refractivity contribution in [2.45, 2.75) is 37.6 Å². The third-order valence-corrected chi connectivity index (χ3v) is 6.86. The van der Waals surface area contributed by atoms with Crippen molar-refractivity contribution in [3.8, 4) is 16.9 Å². The average molecular weight is 527 g/mol. The molecule has 2 aliphatic rings. The zero-order valence-corrected chi connectivity index (χ0v) is 20.4.